The number of fused-ring (bicyclic) bond motifs is 1. The number of hydrogen-bond acceptors (Lipinski definition) is 4. The molecule has 1 aliphatic heterocycles. The molecule has 0 bridgehead atoms. The predicted molar refractivity (Wildman–Crippen MR) is 70.2 cm³/mol. The summed E-state index contributed by atoms with van der Waals surface area (Å²) in [5.74, 6) is -0.277. The Bertz CT molecular complexity index is 311. The van der Waals surface area contributed by atoms with Crippen LogP contribution in [0, 0.1) is 0 Å². The van der Waals surface area contributed by atoms with Crippen LogP contribution in [0.3, 0.4) is 0 Å². The molecular formula is C13H25N3O2. The van der Waals surface area contributed by atoms with Crippen LogP contribution in [0.1, 0.15) is 32.6 Å². The van der Waals surface area contributed by atoms with Crippen LogP contribution in [0.5, 0.6) is 0 Å². The third-order valence-corrected chi connectivity index (χ3v) is 4.59. The predicted octanol–water partition coefficient (Wildman–Crippen LogP) is 0.0932. The molecule has 3 N–H and O–H groups in total. The molecule has 3 unspecified atom stereocenters. The van der Waals surface area contributed by atoms with Gasteiger partial charge < -0.3 is 15.8 Å². The minimum atomic E-state index is -0.605. The smallest absolute Gasteiger partial charge is 0.237 e. The van der Waals surface area contributed by atoms with Gasteiger partial charge in [-0.3, -0.25) is 9.69 Å². The zero-order valence-electron chi connectivity index (χ0n) is 11.4. The summed E-state index contributed by atoms with van der Waals surface area (Å²) in [6.07, 6.45) is 4.82. The van der Waals surface area contributed by atoms with Gasteiger partial charge in [0.25, 0.3) is 0 Å². The van der Waals surface area contributed by atoms with Crippen LogP contribution in [0.4, 0.5) is 0 Å². The topological polar surface area (TPSA) is 67.6 Å². The first-order valence-corrected chi connectivity index (χ1v) is 6.91. The summed E-state index contributed by atoms with van der Waals surface area (Å²) in [7, 11) is 1.79. The number of carbonyl (C=O) groups is 1. The molecule has 1 saturated heterocycles. The third kappa shape index (κ3) is 2.68. The number of nitrogens with zero attached hydrogens (tertiary/aromatic N) is 1. The summed E-state index contributed by atoms with van der Waals surface area (Å²) in [5, 5.41) is 3.04. The molecule has 5 heteroatoms. The average molecular weight is 255 g/mol. The molecule has 2 rings (SSSR count). The van der Waals surface area contributed by atoms with Crippen molar-refractivity contribution < 1.29 is 9.53 Å². The van der Waals surface area contributed by atoms with Gasteiger partial charge in [0.15, 0.2) is 0 Å². The lowest BCUT2D eigenvalue weighted by Gasteiger charge is -2.39. The minimum absolute atomic E-state index is 0.277. The Morgan fingerprint density at radius 1 is 1.56 bits per heavy atom. The molecule has 1 aliphatic carbocycles. The van der Waals surface area contributed by atoms with Gasteiger partial charge >= 0.3 is 0 Å². The zero-order chi connectivity index (χ0) is 13.2. The van der Waals surface area contributed by atoms with Crippen molar-refractivity contribution in [3.8, 4) is 0 Å². The number of amides is 1. The summed E-state index contributed by atoms with van der Waals surface area (Å²) in [6, 6.07) is 0.549. The number of rotatable bonds is 5. The first kappa shape index (κ1) is 13.8. The molecule has 1 heterocycles. The van der Waals surface area contributed by atoms with Crippen LogP contribution >= 0.6 is 0 Å². The summed E-state index contributed by atoms with van der Waals surface area (Å²) in [4.78, 5) is 13.9. The summed E-state index contributed by atoms with van der Waals surface area (Å²) in [5.41, 5.74) is 4.85. The van der Waals surface area contributed by atoms with E-state index >= 15 is 0 Å². The molecule has 0 aromatic heterocycles. The van der Waals surface area contributed by atoms with Crippen molar-refractivity contribution in [3.05, 3.63) is 0 Å². The Hall–Kier alpha value is -0.650. The van der Waals surface area contributed by atoms with Gasteiger partial charge in [-0.1, -0.05) is 0 Å². The number of ether oxygens (including phenoxy) is 1. The van der Waals surface area contributed by atoms with E-state index in [1.807, 2.05) is 6.92 Å². The number of nitrogens with two attached hydrogens (primary N) is 1. The van der Waals surface area contributed by atoms with Crippen LogP contribution in [0.15, 0.2) is 0 Å². The lowest BCUT2D eigenvalue weighted by atomic mass is 9.96. The number of morpholine rings is 1. The maximum Gasteiger partial charge on any atom is 0.237 e. The number of hydrogen-bond donors (Lipinski definition) is 2. The van der Waals surface area contributed by atoms with E-state index in [1.165, 1.54) is 19.3 Å². The molecule has 1 saturated carbocycles. The normalized spacial score (nSPS) is 31.9. The molecule has 104 valence electrons. The molecular weight excluding hydrogens is 230 g/mol. The molecule has 18 heavy (non-hydrogen) atoms. The van der Waals surface area contributed by atoms with E-state index in [2.05, 4.69) is 10.2 Å². The second kappa shape index (κ2) is 5.55. The molecule has 0 radical (unpaired) electrons. The summed E-state index contributed by atoms with van der Waals surface area (Å²) < 4.78 is 5.79. The van der Waals surface area contributed by atoms with E-state index in [0.29, 0.717) is 12.1 Å². The molecule has 0 aromatic rings. The van der Waals surface area contributed by atoms with Gasteiger partial charge in [0.1, 0.15) is 0 Å². The van der Waals surface area contributed by atoms with Gasteiger partial charge in [-0.25, -0.2) is 0 Å². The van der Waals surface area contributed by atoms with Crippen molar-refractivity contribution in [2.24, 2.45) is 5.73 Å². The standard InChI is InChI=1S/C13H25N3O2/c1-13(15-2,12(14)17)6-7-16-8-9-18-11-5-3-4-10(11)16/h10-11,15H,3-9H2,1-2H3,(H2,14,17). The molecule has 5 nitrogen and oxygen atoms in total. The fourth-order valence-corrected chi connectivity index (χ4v) is 3.02. The van der Waals surface area contributed by atoms with E-state index < -0.39 is 5.54 Å². The van der Waals surface area contributed by atoms with Crippen molar-refractivity contribution in [1.82, 2.24) is 10.2 Å². The van der Waals surface area contributed by atoms with E-state index in [1.54, 1.807) is 7.05 Å². The van der Waals surface area contributed by atoms with Crippen LogP contribution in [-0.2, 0) is 9.53 Å². The largest absolute Gasteiger partial charge is 0.375 e. The van der Waals surface area contributed by atoms with E-state index in [-0.39, 0.29) is 5.91 Å². The second-order valence-corrected chi connectivity index (χ2v) is 5.64. The highest BCUT2D eigenvalue weighted by atomic mass is 16.5. The Kier molecular flexibility index (Phi) is 4.25. The number of likely N-dealkylation sites (N-methyl/N-ethyl adjacent to an activating group) is 1. The van der Waals surface area contributed by atoms with Crippen LogP contribution in [-0.4, -0.2) is 55.2 Å². The van der Waals surface area contributed by atoms with Crippen molar-refractivity contribution >= 4 is 5.91 Å². The lowest BCUT2D eigenvalue weighted by Crippen LogP contribution is -2.55. The maximum absolute atomic E-state index is 11.5. The zero-order valence-corrected chi connectivity index (χ0v) is 11.4. The molecule has 0 aromatic carbocycles. The second-order valence-electron chi connectivity index (χ2n) is 5.64. The van der Waals surface area contributed by atoms with Crippen LogP contribution in [0.2, 0.25) is 0 Å². The summed E-state index contributed by atoms with van der Waals surface area (Å²) >= 11 is 0. The van der Waals surface area contributed by atoms with Crippen molar-refractivity contribution in [1.29, 1.82) is 0 Å². The molecule has 2 fully saturated rings. The van der Waals surface area contributed by atoms with Crippen LogP contribution in [0.25, 0.3) is 0 Å². The van der Waals surface area contributed by atoms with Crippen molar-refractivity contribution in [2.75, 3.05) is 26.7 Å². The molecule has 0 spiro atoms. The lowest BCUT2D eigenvalue weighted by molar-refractivity contribution is -0.124. The monoisotopic (exact) mass is 255 g/mol. The van der Waals surface area contributed by atoms with E-state index in [0.717, 1.165) is 26.1 Å². The fourth-order valence-electron chi connectivity index (χ4n) is 3.02. The van der Waals surface area contributed by atoms with Gasteiger partial charge in [-0.15, -0.1) is 0 Å². The molecule has 1 amide bonds. The highest BCUT2D eigenvalue weighted by molar-refractivity contribution is 5.84. The van der Waals surface area contributed by atoms with Gasteiger partial charge in [-0.2, -0.15) is 0 Å². The quantitative estimate of drug-likeness (QED) is 0.731. The maximum atomic E-state index is 11.5. The molecule has 2 aliphatic rings. The Morgan fingerprint density at radius 2 is 2.33 bits per heavy atom. The van der Waals surface area contributed by atoms with Crippen LogP contribution < -0.4 is 11.1 Å². The molecule has 3 atom stereocenters. The fraction of sp³-hybridized carbons (Fsp3) is 0.923. The highest BCUT2D eigenvalue weighted by Gasteiger charge is 2.37. The van der Waals surface area contributed by atoms with Crippen molar-refractivity contribution in [2.45, 2.75) is 50.3 Å². The first-order chi connectivity index (χ1) is 8.57. The Labute approximate surface area is 109 Å². The van der Waals surface area contributed by atoms with Gasteiger partial charge in [-0.05, 0) is 39.7 Å². The van der Waals surface area contributed by atoms with E-state index in [4.69, 9.17) is 10.5 Å². The van der Waals surface area contributed by atoms with Gasteiger partial charge in [0.05, 0.1) is 18.2 Å². The highest BCUT2D eigenvalue weighted by Crippen LogP contribution is 2.30. The summed E-state index contributed by atoms with van der Waals surface area (Å²) in [6.45, 7) is 4.57. The van der Waals surface area contributed by atoms with Crippen molar-refractivity contribution in [3.63, 3.8) is 0 Å². The minimum Gasteiger partial charge on any atom is -0.375 e. The van der Waals surface area contributed by atoms with E-state index in [9.17, 15) is 4.79 Å². The Balaban J connectivity index is 1.91. The van der Waals surface area contributed by atoms with Gasteiger partial charge in [0, 0.05) is 19.1 Å². The third-order valence-electron chi connectivity index (χ3n) is 4.59. The number of nitrogens with one attached hydrogen (secondary N) is 1. The van der Waals surface area contributed by atoms with Gasteiger partial charge in [0.2, 0.25) is 5.91 Å². The first-order valence-electron chi connectivity index (χ1n) is 6.91. The average Bonchev–Trinajstić information content (AvgIpc) is 2.84. The Morgan fingerprint density at radius 3 is 3.00 bits per heavy atom. The number of carbonyl (C=O) groups excluding carboxylic acids is 1. The number of primary amides is 1. The SMILES string of the molecule is CNC(C)(CCN1CCOC2CCCC21)C(N)=O.